The molecule has 0 unspecified atom stereocenters. The highest BCUT2D eigenvalue weighted by atomic mass is 16.2. The van der Waals surface area contributed by atoms with Crippen LogP contribution in [-0.2, 0) is 4.79 Å². The van der Waals surface area contributed by atoms with Crippen molar-refractivity contribution in [1.82, 2.24) is 0 Å². The predicted octanol–water partition coefficient (Wildman–Crippen LogP) is 2.73. The van der Waals surface area contributed by atoms with Gasteiger partial charge in [-0.1, -0.05) is 19.1 Å². The van der Waals surface area contributed by atoms with Gasteiger partial charge in [-0.05, 0) is 37.5 Å². The van der Waals surface area contributed by atoms with Crippen LogP contribution < -0.4 is 5.32 Å². The van der Waals surface area contributed by atoms with Gasteiger partial charge in [0.05, 0.1) is 0 Å². The third kappa shape index (κ3) is 1.79. The lowest BCUT2D eigenvalue weighted by Crippen LogP contribution is -2.21. The number of anilines is 1. The van der Waals surface area contributed by atoms with E-state index in [-0.39, 0.29) is 11.3 Å². The minimum Gasteiger partial charge on any atom is -0.326 e. The van der Waals surface area contributed by atoms with Gasteiger partial charge in [-0.15, -0.1) is 0 Å². The first kappa shape index (κ1) is 9.25. The smallest absolute Gasteiger partial charge is 0.230 e. The molecular formula is C12H15NO. The Morgan fingerprint density at radius 3 is 2.71 bits per heavy atom. The van der Waals surface area contributed by atoms with Crippen molar-refractivity contribution >= 4 is 11.6 Å². The van der Waals surface area contributed by atoms with Gasteiger partial charge in [0.25, 0.3) is 0 Å². The molecule has 2 nitrogen and oxygen atoms in total. The molecule has 0 bridgehead atoms. The monoisotopic (exact) mass is 189 g/mol. The summed E-state index contributed by atoms with van der Waals surface area (Å²) in [7, 11) is 0. The van der Waals surface area contributed by atoms with Crippen molar-refractivity contribution in [3.8, 4) is 0 Å². The SMILES string of the molecule is Cc1cccc(NC(=O)C2(C)CC2)c1. The highest BCUT2D eigenvalue weighted by Crippen LogP contribution is 2.45. The molecule has 0 radical (unpaired) electrons. The van der Waals surface area contributed by atoms with Crippen molar-refractivity contribution in [2.45, 2.75) is 26.7 Å². The van der Waals surface area contributed by atoms with Crippen LogP contribution in [0.1, 0.15) is 25.3 Å². The Bertz CT molecular complexity index is 366. The standard InChI is InChI=1S/C12H15NO/c1-9-4-3-5-10(8-9)13-11(14)12(2)6-7-12/h3-5,8H,6-7H2,1-2H3,(H,13,14). The second-order valence-corrected chi connectivity index (χ2v) is 4.38. The molecule has 1 amide bonds. The molecule has 0 atom stereocenters. The summed E-state index contributed by atoms with van der Waals surface area (Å²) in [4.78, 5) is 11.7. The molecule has 1 N–H and O–H groups in total. The highest BCUT2D eigenvalue weighted by Gasteiger charge is 2.44. The maximum atomic E-state index is 11.7. The molecule has 1 aliphatic rings. The van der Waals surface area contributed by atoms with Crippen LogP contribution in [0.4, 0.5) is 5.69 Å². The fourth-order valence-corrected chi connectivity index (χ4v) is 1.42. The molecule has 74 valence electrons. The summed E-state index contributed by atoms with van der Waals surface area (Å²) in [6.07, 6.45) is 2.04. The molecule has 1 aliphatic carbocycles. The summed E-state index contributed by atoms with van der Waals surface area (Å²) in [5.74, 6) is 0.156. The second-order valence-electron chi connectivity index (χ2n) is 4.38. The number of rotatable bonds is 2. The third-order valence-electron chi connectivity index (χ3n) is 2.82. The number of hydrogen-bond acceptors (Lipinski definition) is 1. The Morgan fingerprint density at radius 1 is 1.43 bits per heavy atom. The largest absolute Gasteiger partial charge is 0.326 e. The van der Waals surface area contributed by atoms with Crippen molar-refractivity contribution < 1.29 is 4.79 Å². The van der Waals surface area contributed by atoms with E-state index in [9.17, 15) is 4.79 Å². The van der Waals surface area contributed by atoms with E-state index < -0.39 is 0 Å². The third-order valence-corrected chi connectivity index (χ3v) is 2.82. The van der Waals surface area contributed by atoms with Crippen molar-refractivity contribution in [2.24, 2.45) is 5.41 Å². The number of aryl methyl sites for hydroxylation is 1. The van der Waals surface area contributed by atoms with Gasteiger partial charge >= 0.3 is 0 Å². The Morgan fingerprint density at radius 2 is 2.14 bits per heavy atom. The molecule has 14 heavy (non-hydrogen) atoms. The fourth-order valence-electron chi connectivity index (χ4n) is 1.42. The summed E-state index contributed by atoms with van der Waals surface area (Å²) in [6, 6.07) is 7.90. The minimum atomic E-state index is -0.0935. The molecule has 1 saturated carbocycles. The Hall–Kier alpha value is -1.31. The molecule has 1 fully saturated rings. The molecule has 2 rings (SSSR count). The number of hydrogen-bond donors (Lipinski definition) is 1. The average molecular weight is 189 g/mol. The zero-order chi connectivity index (χ0) is 10.2. The van der Waals surface area contributed by atoms with Gasteiger partial charge in [0, 0.05) is 11.1 Å². The summed E-state index contributed by atoms with van der Waals surface area (Å²) in [5.41, 5.74) is 1.98. The van der Waals surface area contributed by atoms with Crippen molar-refractivity contribution in [3.05, 3.63) is 29.8 Å². The predicted molar refractivity (Wildman–Crippen MR) is 57.1 cm³/mol. The van der Waals surface area contributed by atoms with E-state index in [1.54, 1.807) is 0 Å². The Balaban J connectivity index is 2.07. The molecule has 0 heterocycles. The van der Waals surface area contributed by atoms with Crippen LogP contribution in [0.3, 0.4) is 0 Å². The van der Waals surface area contributed by atoms with Gasteiger partial charge in [0.2, 0.25) is 5.91 Å². The van der Waals surface area contributed by atoms with E-state index in [1.807, 2.05) is 38.1 Å². The van der Waals surface area contributed by atoms with Crippen LogP contribution in [0.5, 0.6) is 0 Å². The number of benzene rings is 1. The zero-order valence-corrected chi connectivity index (χ0v) is 8.63. The Kier molecular flexibility index (Phi) is 2.06. The molecule has 0 aromatic heterocycles. The maximum absolute atomic E-state index is 11.7. The number of carbonyl (C=O) groups is 1. The van der Waals surface area contributed by atoms with Gasteiger partial charge in [0.15, 0.2) is 0 Å². The number of nitrogens with one attached hydrogen (secondary N) is 1. The molecule has 0 aliphatic heterocycles. The molecule has 0 saturated heterocycles. The van der Waals surface area contributed by atoms with Gasteiger partial charge in [-0.2, -0.15) is 0 Å². The van der Waals surface area contributed by atoms with Crippen LogP contribution in [0, 0.1) is 12.3 Å². The minimum absolute atomic E-state index is 0.0935. The Labute approximate surface area is 84.3 Å². The van der Waals surface area contributed by atoms with Gasteiger partial charge in [0.1, 0.15) is 0 Å². The first-order valence-corrected chi connectivity index (χ1v) is 4.98. The van der Waals surface area contributed by atoms with Gasteiger partial charge < -0.3 is 5.32 Å². The molecule has 1 aromatic rings. The number of carbonyl (C=O) groups excluding carboxylic acids is 1. The maximum Gasteiger partial charge on any atom is 0.230 e. The average Bonchev–Trinajstić information content (AvgIpc) is 2.85. The topological polar surface area (TPSA) is 29.1 Å². The lowest BCUT2D eigenvalue weighted by atomic mass is 10.1. The second kappa shape index (κ2) is 3.12. The van der Waals surface area contributed by atoms with Crippen molar-refractivity contribution in [3.63, 3.8) is 0 Å². The van der Waals surface area contributed by atoms with Crippen molar-refractivity contribution in [1.29, 1.82) is 0 Å². The fraction of sp³-hybridized carbons (Fsp3) is 0.417. The van der Waals surface area contributed by atoms with Gasteiger partial charge in [-0.3, -0.25) is 4.79 Å². The van der Waals surface area contributed by atoms with Crippen LogP contribution in [0.15, 0.2) is 24.3 Å². The highest BCUT2D eigenvalue weighted by molar-refractivity contribution is 5.96. The van der Waals surface area contributed by atoms with E-state index in [0.717, 1.165) is 18.5 Å². The van der Waals surface area contributed by atoms with Crippen molar-refractivity contribution in [2.75, 3.05) is 5.32 Å². The first-order chi connectivity index (χ1) is 6.60. The first-order valence-electron chi connectivity index (χ1n) is 4.98. The molecule has 0 spiro atoms. The molecular weight excluding hydrogens is 174 g/mol. The van der Waals surface area contributed by atoms with Crippen LogP contribution in [-0.4, -0.2) is 5.91 Å². The van der Waals surface area contributed by atoms with Gasteiger partial charge in [-0.25, -0.2) is 0 Å². The summed E-state index contributed by atoms with van der Waals surface area (Å²) in [5, 5.41) is 2.95. The van der Waals surface area contributed by atoms with E-state index in [1.165, 1.54) is 5.56 Å². The van der Waals surface area contributed by atoms with Crippen LogP contribution >= 0.6 is 0 Å². The molecule has 2 heteroatoms. The zero-order valence-electron chi connectivity index (χ0n) is 8.63. The van der Waals surface area contributed by atoms with E-state index in [0.29, 0.717) is 0 Å². The van der Waals surface area contributed by atoms with Crippen LogP contribution in [0.2, 0.25) is 0 Å². The molecule has 1 aromatic carbocycles. The van der Waals surface area contributed by atoms with E-state index >= 15 is 0 Å². The summed E-state index contributed by atoms with van der Waals surface area (Å²) >= 11 is 0. The van der Waals surface area contributed by atoms with E-state index in [4.69, 9.17) is 0 Å². The lowest BCUT2D eigenvalue weighted by molar-refractivity contribution is -0.120. The lowest BCUT2D eigenvalue weighted by Gasteiger charge is -2.09. The van der Waals surface area contributed by atoms with E-state index in [2.05, 4.69) is 5.32 Å². The normalized spacial score (nSPS) is 17.6. The van der Waals surface area contributed by atoms with Crippen LogP contribution in [0.25, 0.3) is 0 Å². The summed E-state index contributed by atoms with van der Waals surface area (Å²) in [6.45, 7) is 4.03. The summed E-state index contributed by atoms with van der Waals surface area (Å²) < 4.78 is 0. The number of amides is 1. The quantitative estimate of drug-likeness (QED) is 0.761.